The SMILES string of the molecule is CCNCCS(=O)(=O)NC(C)CCSC. The van der Waals surface area contributed by atoms with Gasteiger partial charge in [0.1, 0.15) is 0 Å². The first-order valence-corrected chi connectivity index (χ1v) is 8.26. The van der Waals surface area contributed by atoms with Gasteiger partial charge in [-0.3, -0.25) is 0 Å². The largest absolute Gasteiger partial charge is 0.316 e. The van der Waals surface area contributed by atoms with Gasteiger partial charge in [0.25, 0.3) is 0 Å². The van der Waals surface area contributed by atoms with Gasteiger partial charge in [0.15, 0.2) is 0 Å². The van der Waals surface area contributed by atoms with Crippen molar-refractivity contribution in [3.8, 4) is 0 Å². The molecule has 0 rings (SSSR count). The molecule has 2 N–H and O–H groups in total. The van der Waals surface area contributed by atoms with Gasteiger partial charge in [0.05, 0.1) is 5.75 Å². The highest BCUT2D eigenvalue weighted by molar-refractivity contribution is 7.98. The van der Waals surface area contributed by atoms with Gasteiger partial charge >= 0.3 is 0 Å². The van der Waals surface area contributed by atoms with Crippen LogP contribution in [-0.2, 0) is 10.0 Å². The Hall–Kier alpha value is 0.220. The summed E-state index contributed by atoms with van der Waals surface area (Å²) in [5.41, 5.74) is 0. The number of hydrogen-bond acceptors (Lipinski definition) is 4. The molecule has 0 fully saturated rings. The fourth-order valence-corrected chi connectivity index (χ4v) is 2.95. The van der Waals surface area contributed by atoms with Gasteiger partial charge in [-0.05, 0) is 31.9 Å². The monoisotopic (exact) mass is 254 g/mol. The molecule has 1 atom stereocenters. The zero-order chi connectivity index (χ0) is 11.7. The number of rotatable bonds is 9. The minimum Gasteiger partial charge on any atom is -0.316 e. The summed E-state index contributed by atoms with van der Waals surface area (Å²) in [4.78, 5) is 0. The molecule has 15 heavy (non-hydrogen) atoms. The molecule has 92 valence electrons. The van der Waals surface area contributed by atoms with E-state index in [1.807, 2.05) is 20.1 Å². The molecule has 0 spiro atoms. The first-order chi connectivity index (χ1) is 7.02. The van der Waals surface area contributed by atoms with Crippen LogP contribution in [0.3, 0.4) is 0 Å². The van der Waals surface area contributed by atoms with E-state index < -0.39 is 10.0 Å². The minimum absolute atomic E-state index is 0.0316. The van der Waals surface area contributed by atoms with Crippen molar-refractivity contribution in [3.63, 3.8) is 0 Å². The van der Waals surface area contributed by atoms with E-state index in [0.717, 1.165) is 18.7 Å². The molecule has 0 aliphatic rings. The lowest BCUT2D eigenvalue weighted by molar-refractivity contribution is 0.554. The van der Waals surface area contributed by atoms with E-state index in [2.05, 4.69) is 10.0 Å². The first-order valence-electron chi connectivity index (χ1n) is 5.21. The van der Waals surface area contributed by atoms with Crippen LogP contribution in [0.5, 0.6) is 0 Å². The van der Waals surface area contributed by atoms with Crippen molar-refractivity contribution >= 4 is 21.8 Å². The summed E-state index contributed by atoms with van der Waals surface area (Å²) in [6, 6.07) is 0.0316. The molecule has 0 saturated heterocycles. The summed E-state index contributed by atoms with van der Waals surface area (Å²) in [6.07, 6.45) is 2.90. The van der Waals surface area contributed by atoms with Crippen LogP contribution >= 0.6 is 11.8 Å². The Morgan fingerprint density at radius 3 is 2.60 bits per heavy atom. The zero-order valence-corrected chi connectivity index (χ0v) is 11.4. The zero-order valence-electron chi connectivity index (χ0n) is 9.75. The fourth-order valence-electron chi connectivity index (χ4n) is 1.10. The van der Waals surface area contributed by atoms with Gasteiger partial charge in [-0.25, -0.2) is 13.1 Å². The summed E-state index contributed by atoms with van der Waals surface area (Å²) in [5.74, 6) is 1.14. The highest BCUT2D eigenvalue weighted by Gasteiger charge is 2.13. The molecule has 0 amide bonds. The third-order valence-corrected chi connectivity index (χ3v) is 4.08. The highest BCUT2D eigenvalue weighted by Crippen LogP contribution is 2.01. The summed E-state index contributed by atoms with van der Waals surface area (Å²) in [6.45, 7) is 5.18. The van der Waals surface area contributed by atoms with E-state index in [0.29, 0.717) is 6.54 Å². The second-order valence-electron chi connectivity index (χ2n) is 3.47. The second-order valence-corrected chi connectivity index (χ2v) is 6.33. The van der Waals surface area contributed by atoms with Crippen LogP contribution in [-0.4, -0.2) is 45.3 Å². The van der Waals surface area contributed by atoms with Crippen molar-refractivity contribution in [2.24, 2.45) is 0 Å². The van der Waals surface area contributed by atoms with Crippen molar-refractivity contribution in [3.05, 3.63) is 0 Å². The third kappa shape index (κ3) is 9.17. The van der Waals surface area contributed by atoms with Crippen molar-refractivity contribution in [2.45, 2.75) is 26.3 Å². The lowest BCUT2D eigenvalue weighted by Gasteiger charge is -2.13. The average Bonchev–Trinajstić information content (AvgIpc) is 2.14. The van der Waals surface area contributed by atoms with Crippen LogP contribution < -0.4 is 10.0 Å². The maximum atomic E-state index is 11.5. The second kappa shape index (κ2) is 8.38. The van der Waals surface area contributed by atoms with E-state index >= 15 is 0 Å². The van der Waals surface area contributed by atoms with Crippen LogP contribution in [0.1, 0.15) is 20.3 Å². The molecule has 0 radical (unpaired) electrons. The Balaban J connectivity index is 3.81. The molecular weight excluding hydrogens is 232 g/mol. The van der Waals surface area contributed by atoms with Crippen molar-refractivity contribution < 1.29 is 8.42 Å². The Labute approximate surface area is 97.6 Å². The van der Waals surface area contributed by atoms with E-state index in [1.54, 1.807) is 11.8 Å². The molecule has 0 aliphatic heterocycles. The molecule has 0 aromatic heterocycles. The Morgan fingerprint density at radius 2 is 2.07 bits per heavy atom. The van der Waals surface area contributed by atoms with Crippen LogP contribution in [0.4, 0.5) is 0 Å². The van der Waals surface area contributed by atoms with Crippen molar-refractivity contribution in [1.82, 2.24) is 10.0 Å². The topological polar surface area (TPSA) is 58.2 Å². The normalized spacial score (nSPS) is 14.1. The van der Waals surface area contributed by atoms with Crippen LogP contribution in [0, 0.1) is 0 Å². The minimum atomic E-state index is -3.11. The van der Waals surface area contributed by atoms with Gasteiger partial charge in [0.2, 0.25) is 10.0 Å². The predicted molar refractivity (Wildman–Crippen MR) is 67.9 cm³/mol. The summed E-state index contributed by atoms with van der Waals surface area (Å²) in [7, 11) is -3.11. The molecule has 0 bridgehead atoms. The Morgan fingerprint density at radius 1 is 1.40 bits per heavy atom. The summed E-state index contributed by atoms with van der Waals surface area (Å²) in [5, 5.41) is 3.00. The molecule has 0 aromatic rings. The molecule has 0 heterocycles. The van der Waals surface area contributed by atoms with E-state index in [9.17, 15) is 8.42 Å². The highest BCUT2D eigenvalue weighted by atomic mass is 32.2. The number of sulfonamides is 1. The quantitative estimate of drug-likeness (QED) is 0.593. The van der Waals surface area contributed by atoms with Crippen LogP contribution in [0.25, 0.3) is 0 Å². The molecule has 0 aromatic carbocycles. The van der Waals surface area contributed by atoms with E-state index in [1.165, 1.54) is 0 Å². The molecule has 4 nitrogen and oxygen atoms in total. The Kier molecular flexibility index (Phi) is 8.50. The Bertz CT molecular complexity index is 242. The van der Waals surface area contributed by atoms with E-state index in [-0.39, 0.29) is 11.8 Å². The van der Waals surface area contributed by atoms with Crippen LogP contribution in [0.15, 0.2) is 0 Å². The number of nitrogens with one attached hydrogen (secondary N) is 2. The number of hydrogen-bond donors (Lipinski definition) is 2. The lowest BCUT2D eigenvalue weighted by atomic mass is 10.3. The van der Waals surface area contributed by atoms with Crippen LogP contribution in [0.2, 0.25) is 0 Å². The maximum absolute atomic E-state index is 11.5. The van der Waals surface area contributed by atoms with Crippen molar-refractivity contribution in [2.75, 3.05) is 30.9 Å². The smallest absolute Gasteiger partial charge is 0.213 e. The molecule has 6 heteroatoms. The maximum Gasteiger partial charge on any atom is 0.213 e. The number of thioether (sulfide) groups is 1. The molecular formula is C9H22N2O2S2. The van der Waals surface area contributed by atoms with Gasteiger partial charge in [-0.1, -0.05) is 6.92 Å². The van der Waals surface area contributed by atoms with Gasteiger partial charge in [0, 0.05) is 12.6 Å². The lowest BCUT2D eigenvalue weighted by Crippen LogP contribution is -2.37. The van der Waals surface area contributed by atoms with Gasteiger partial charge in [-0.2, -0.15) is 11.8 Å². The average molecular weight is 254 g/mol. The first kappa shape index (κ1) is 15.2. The van der Waals surface area contributed by atoms with Gasteiger partial charge < -0.3 is 5.32 Å². The standard InChI is InChI=1S/C9H22N2O2S2/c1-4-10-6-8-15(12,13)11-9(2)5-7-14-3/h9-11H,4-8H2,1-3H3. The molecule has 0 saturated carbocycles. The summed E-state index contributed by atoms with van der Waals surface area (Å²) < 4.78 is 25.7. The van der Waals surface area contributed by atoms with Crippen molar-refractivity contribution in [1.29, 1.82) is 0 Å². The van der Waals surface area contributed by atoms with E-state index in [4.69, 9.17) is 0 Å². The van der Waals surface area contributed by atoms with Gasteiger partial charge in [-0.15, -0.1) is 0 Å². The summed E-state index contributed by atoms with van der Waals surface area (Å²) >= 11 is 1.73. The predicted octanol–water partition coefficient (Wildman–Crippen LogP) is 0.657. The fraction of sp³-hybridized carbons (Fsp3) is 1.00. The third-order valence-electron chi connectivity index (χ3n) is 1.93. The molecule has 1 unspecified atom stereocenters. The molecule has 0 aliphatic carbocycles.